The molecular formula is C15H22F2N2O2. The van der Waals surface area contributed by atoms with Crippen LogP contribution in [0.25, 0.3) is 0 Å². The maximum Gasteiger partial charge on any atom is 0.251 e. The minimum Gasteiger partial charge on any atom is -0.454 e. The summed E-state index contributed by atoms with van der Waals surface area (Å²) in [5.74, 6) is 1.45. The van der Waals surface area contributed by atoms with Crippen LogP contribution in [-0.4, -0.2) is 44.8 Å². The van der Waals surface area contributed by atoms with E-state index in [1.165, 1.54) is 0 Å². The van der Waals surface area contributed by atoms with Crippen LogP contribution in [0.4, 0.5) is 8.78 Å². The molecule has 1 aliphatic heterocycles. The van der Waals surface area contributed by atoms with Crippen LogP contribution in [0.1, 0.15) is 24.9 Å². The number of nitrogens with one attached hydrogen (secondary N) is 1. The highest BCUT2D eigenvalue weighted by molar-refractivity contribution is 5.45. The summed E-state index contributed by atoms with van der Waals surface area (Å²) in [6.07, 6.45) is -1.34. The van der Waals surface area contributed by atoms with Crippen molar-refractivity contribution in [1.82, 2.24) is 10.2 Å². The van der Waals surface area contributed by atoms with Gasteiger partial charge in [-0.2, -0.15) is 0 Å². The monoisotopic (exact) mass is 300 g/mol. The summed E-state index contributed by atoms with van der Waals surface area (Å²) in [6, 6.07) is 5.73. The van der Waals surface area contributed by atoms with Crippen molar-refractivity contribution in [3.8, 4) is 11.5 Å². The molecule has 0 bridgehead atoms. The van der Waals surface area contributed by atoms with E-state index in [0.29, 0.717) is 12.3 Å². The average Bonchev–Trinajstić information content (AvgIpc) is 2.89. The lowest BCUT2D eigenvalue weighted by Gasteiger charge is -2.25. The van der Waals surface area contributed by atoms with Gasteiger partial charge in [-0.1, -0.05) is 13.0 Å². The highest BCUT2D eigenvalue weighted by Gasteiger charge is 2.19. The van der Waals surface area contributed by atoms with Gasteiger partial charge in [0, 0.05) is 12.6 Å². The number of benzene rings is 1. The van der Waals surface area contributed by atoms with Crippen LogP contribution in [0.5, 0.6) is 11.5 Å². The first-order chi connectivity index (χ1) is 10.1. The van der Waals surface area contributed by atoms with E-state index in [4.69, 9.17) is 9.47 Å². The van der Waals surface area contributed by atoms with Crippen molar-refractivity contribution < 1.29 is 18.3 Å². The fourth-order valence-corrected chi connectivity index (χ4v) is 2.36. The van der Waals surface area contributed by atoms with Crippen molar-refractivity contribution in [3.63, 3.8) is 0 Å². The molecule has 1 aromatic carbocycles. The third-order valence-electron chi connectivity index (χ3n) is 3.38. The smallest absolute Gasteiger partial charge is 0.251 e. The van der Waals surface area contributed by atoms with E-state index in [2.05, 4.69) is 12.2 Å². The Labute approximate surface area is 124 Å². The molecule has 0 amide bonds. The number of nitrogens with zero attached hydrogens (tertiary/aromatic N) is 1. The molecule has 6 heteroatoms. The van der Waals surface area contributed by atoms with Crippen molar-refractivity contribution >= 4 is 0 Å². The fourth-order valence-electron chi connectivity index (χ4n) is 2.36. The van der Waals surface area contributed by atoms with Crippen LogP contribution in [0.15, 0.2) is 18.2 Å². The van der Waals surface area contributed by atoms with Crippen LogP contribution in [0, 0.1) is 0 Å². The van der Waals surface area contributed by atoms with E-state index in [1.54, 1.807) is 11.9 Å². The summed E-state index contributed by atoms with van der Waals surface area (Å²) in [5.41, 5.74) is 1.02. The van der Waals surface area contributed by atoms with Crippen molar-refractivity contribution in [2.75, 3.05) is 33.5 Å². The summed E-state index contributed by atoms with van der Waals surface area (Å²) >= 11 is 0. The molecule has 1 N–H and O–H groups in total. The van der Waals surface area contributed by atoms with Gasteiger partial charge in [0.25, 0.3) is 6.43 Å². The third kappa shape index (κ3) is 4.54. The number of ether oxygens (including phenoxy) is 2. The summed E-state index contributed by atoms with van der Waals surface area (Å²) in [7, 11) is 1.71. The maximum absolute atomic E-state index is 12.5. The van der Waals surface area contributed by atoms with Gasteiger partial charge in [0.1, 0.15) is 0 Å². The Bertz CT molecular complexity index is 457. The molecule has 0 saturated heterocycles. The number of fused-ring (bicyclic) bond motifs is 1. The van der Waals surface area contributed by atoms with E-state index in [0.717, 1.165) is 24.3 Å². The van der Waals surface area contributed by atoms with Gasteiger partial charge in [0.2, 0.25) is 6.79 Å². The van der Waals surface area contributed by atoms with Gasteiger partial charge in [-0.15, -0.1) is 0 Å². The molecule has 2 rings (SSSR count). The molecule has 4 nitrogen and oxygen atoms in total. The molecule has 0 radical (unpaired) electrons. The third-order valence-corrected chi connectivity index (χ3v) is 3.38. The number of likely N-dealkylation sites (N-methyl/N-ethyl adjacent to an activating group) is 1. The minimum absolute atomic E-state index is 0.0109. The second-order valence-electron chi connectivity index (χ2n) is 5.23. The van der Waals surface area contributed by atoms with E-state index in [1.807, 2.05) is 18.2 Å². The minimum atomic E-state index is -2.32. The van der Waals surface area contributed by atoms with Crippen LogP contribution >= 0.6 is 0 Å². The van der Waals surface area contributed by atoms with Crippen LogP contribution in [0.2, 0.25) is 0 Å². The van der Waals surface area contributed by atoms with Crippen molar-refractivity contribution in [2.24, 2.45) is 0 Å². The summed E-state index contributed by atoms with van der Waals surface area (Å²) < 4.78 is 35.6. The number of rotatable bonds is 8. The van der Waals surface area contributed by atoms with Gasteiger partial charge < -0.3 is 14.8 Å². The molecule has 0 spiro atoms. The van der Waals surface area contributed by atoms with E-state index >= 15 is 0 Å². The Balaban J connectivity index is 2.07. The van der Waals surface area contributed by atoms with Crippen LogP contribution < -0.4 is 14.8 Å². The molecule has 1 unspecified atom stereocenters. The fraction of sp³-hybridized carbons (Fsp3) is 0.600. The molecule has 1 aromatic rings. The van der Waals surface area contributed by atoms with Crippen molar-refractivity contribution in [1.29, 1.82) is 0 Å². The molecule has 0 fully saturated rings. The lowest BCUT2D eigenvalue weighted by Crippen LogP contribution is -2.35. The number of alkyl halides is 2. The second kappa shape index (κ2) is 7.56. The predicted molar refractivity (Wildman–Crippen MR) is 77.1 cm³/mol. The zero-order valence-electron chi connectivity index (χ0n) is 12.4. The van der Waals surface area contributed by atoms with Gasteiger partial charge in [-0.25, -0.2) is 8.78 Å². The lowest BCUT2D eigenvalue weighted by molar-refractivity contribution is 0.0958. The summed E-state index contributed by atoms with van der Waals surface area (Å²) in [4.78, 5) is 1.64. The predicted octanol–water partition coefficient (Wildman–Crippen LogP) is 2.65. The largest absolute Gasteiger partial charge is 0.454 e. The maximum atomic E-state index is 12.5. The zero-order valence-corrected chi connectivity index (χ0v) is 12.4. The zero-order chi connectivity index (χ0) is 15.2. The molecule has 0 aromatic heterocycles. The second-order valence-corrected chi connectivity index (χ2v) is 5.23. The Morgan fingerprint density at radius 3 is 2.71 bits per heavy atom. The van der Waals surface area contributed by atoms with Crippen molar-refractivity contribution in [3.05, 3.63) is 23.8 Å². The summed E-state index contributed by atoms with van der Waals surface area (Å²) in [6.45, 7) is 3.43. The molecular weight excluding hydrogens is 278 g/mol. The van der Waals surface area contributed by atoms with E-state index in [-0.39, 0.29) is 19.4 Å². The standard InChI is InChI=1S/C15H22F2N2O2/c1-3-6-18-12(8-19(2)9-15(16)17)11-4-5-13-14(7-11)21-10-20-13/h4-5,7,12,15,18H,3,6,8-10H2,1-2H3. The van der Waals surface area contributed by atoms with Gasteiger partial charge >= 0.3 is 0 Å². The number of hydrogen-bond donors (Lipinski definition) is 1. The Kier molecular flexibility index (Phi) is 5.76. The van der Waals surface area contributed by atoms with Crippen molar-refractivity contribution in [2.45, 2.75) is 25.8 Å². The first-order valence-corrected chi connectivity index (χ1v) is 7.19. The highest BCUT2D eigenvalue weighted by Crippen LogP contribution is 2.34. The Morgan fingerprint density at radius 2 is 2.00 bits per heavy atom. The number of hydrogen-bond acceptors (Lipinski definition) is 4. The quantitative estimate of drug-likeness (QED) is 0.800. The molecule has 0 aliphatic carbocycles. The van der Waals surface area contributed by atoms with E-state index in [9.17, 15) is 8.78 Å². The van der Waals surface area contributed by atoms with Gasteiger partial charge in [-0.05, 0) is 37.7 Å². The molecule has 1 atom stereocenters. The first-order valence-electron chi connectivity index (χ1n) is 7.19. The first kappa shape index (κ1) is 16.0. The Morgan fingerprint density at radius 1 is 1.24 bits per heavy atom. The van der Waals surface area contributed by atoms with Crippen LogP contribution in [0.3, 0.4) is 0 Å². The summed E-state index contributed by atoms with van der Waals surface area (Å²) in [5, 5.41) is 3.40. The Hall–Kier alpha value is -1.40. The van der Waals surface area contributed by atoms with E-state index < -0.39 is 6.43 Å². The molecule has 1 aliphatic rings. The van der Waals surface area contributed by atoms with Gasteiger partial charge in [0.05, 0.1) is 6.54 Å². The highest BCUT2D eigenvalue weighted by atomic mass is 19.3. The van der Waals surface area contributed by atoms with Gasteiger partial charge in [0.15, 0.2) is 11.5 Å². The molecule has 0 saturated carbocycles. The number of halogens is 2. The molecule has 1 heterocycles. The molecule has 118 valence electrons. The van der Waals surface area contributed by atoms with Gasteiger partial charge in [-0.3, -0.25) is 4.90 Å². The SMILES string of the molecule is CCCNC(CN(C)CC(F)F)c1ccc2c(c1)OCO2. The molecule has 21 heavy (non-hydrogen) atoms. The topological polar surface area (TPSA) is 33.7 Å². The lowest BCUT2D eigenvalue weighted by atomic mass is 10.1. The normalized spacial score (nSPS) is 15.0. The van der Waals surface area contributed by atoms with Crippen LogP contribution in [-0.2, 0) is 0 Å². The average molecular weight is 300 g/mol.